The Kier molecular flexibility index (Phi) is 47.0. The fraction of sp³-hybridized carbons (Fsp3) is 0.894. The van der Waals surface area contributed by atoms with Crippen molar-refractivity contribution >= 4 is 29.3 Å². The monoisotopic (exact) mass is 786 g/mol. The number of rotatable bonds is 5. The normalized spacial score (nSPS) is 22.8. The van der Waals surface area contributed by atoms with E-state index in [0.29, 0.717) is 58.9 Å². The minimum absolute atomic E-state index is 0. The van der Waals surface area contributed by atoms with Crippen LogP contribution in [-0.2, 0) is 24.0 Å². The van der Waals surface area contributed by atoms with Gasteiger partial charge in [-0.1, -0.05) is 146 Å². The van der Waals surface area contributed by atoms with Crippen LogP contribution in [0.15, 0.2) is 0 Å². The molecule has 0 radical (unpaired) electrons. The smallest absolute Gasteiger partial charge is 0.225 e. The second-order valence-corrected chi connectivity index (χ2v) is 15.2. The molecule has 0 spiro atoms. The highest BCUT2D eigenvalue weighted by atomic mass is 16.2. The van der Waals surface area contributed by atoms with Crippen LogP contribution < -0.4 is 16.0 Å². The zero-order valence-corrected chi connectivity index (χ0v) is 38.3. The quantitative estimate of drug-likeness (QED) is 0.240. The van der Waals surface area contributed by atoms with Gasteiger partial charge in [-0.05, 0) is 68.1 Å². The van der Waals surface area contributed by atoms with Crippen molar-refractivity contribution in [1.82, 2.24) is 16.0 Å². The highest BCUT2D eigenvalue weighted by molar-refractivity contribution is 5.86. The van der Waals surface area contributed by atoms with Crippen LogP contribution in [0, 0.1) is 59.2 Å². The molecule has 5 unspecified atom stereocenters. The lowest BCUT2D eigenvalue weighted by Crippen LogP contribution is -2.50. The molecule has 2 saturated carbocycles. The molecule has 5 atom stereocenters. The van der Waals surface area contributed by atoms with Crippen molar-refractivity contribution in [3.05, 3.63) is 0 Å². The van der Waals surface area contributed by atoms with Gasteiger partial charge in [0.25, 0.3) is 0 Å². The van der Waals surface area contributed by atoms with Crippen LogP contribution in [0.5, 0.6) is 0 Å². The van der Waals surface area contributed by atoms with E-state index in [1.165, 1.54) is 6.42 Å². The average Bonchev–Trinajstić information content (AvgIpc) is 3.57. The van der Waals surface area contributed by atoms with Crippen LogP contribution in [-0.4, -0.2) is 48.9 Å². The number of piperidine rings is 1. The fourth-order valence-corrected chi connectivity index (χ4v) is 6.37. The van der Waals surface area contributed by atoms with E-state index in [2.05, 4.69) is 85.2 Å². The van der Waals surface area contributed by atoms with Crippen LogP contribution in [0.25, 0.3) is 0 Å². The van der Waals surface area contributed by atoms with Crippen molar-refractivity contribution < 1.29 is 24.0 Å². The molecular formula is C47H99N3O5. The molecule has 55 heavy (non-hydrogen) atoms. The number of β-lactam (4-membered cyclic amide) rings is 1. The molecule has 3 amide bonds. The van der Waals surface area contributed by atoms with Crippen molar-refractivity contribution in [3.63, 3.8) is 0 Å². The Bertz CT molecular complexity index is 885. The number of Topliss-reactive ketones (excluding diaryl/α,β-unsaturated/α-hetero) is 2. The van der Waals surface area contributed by atoms with Gasteiger partial charge >= 0.3 is 0 Å². The summed E-state index contributed by atoms with van der Waals surface area (Å²) in [4.78, 5) is 54.5. The Balaban J connectivity index is -0.000000129. The molecule has 3 aliphatic heterocycles. The van der Waals surface area contributed by atoms with Gasteiger partial charge in [0, 0.05) is 56.1 Å². The van der Waals surface area contributed by atoms with Gasteiger partial charge in [0.1, 0.15) is 11.6 Å². The molecule has 332 valence electrons. The number of carbonyl (C=O) groups is 5. The third-order valence-electron chi connectivity index (χ3n) is 9.99. The summed E-state index contributed by atoms with van der Waals surface area (Å²) in [6.45, 7) is 39.7. The lowest BCUT2D eigenvalue weighted by atomic mass is 9.76. The maximum absolute atomic E-state index is 11.2. The summed E-state index contributed by atoms with van der Waals surface area (Å²) in [5.74, 6) is 6.01. The molecule has 3 saturated heterocycles. The first-order chi connectivity index (χ1) is 25.1. The minimum atomic E-state index is 0. The van der Waals surface area contributed by atoms with Gasteiger partial charge in [-0.2, -0.15) is 0 Å². The second-order valence-electron chi connectivity index (χ2n) is 15.2. The first-order valence-electron chi connectivity index (χ1n) is 22.0. The highest BCUT2D eigenvalue weighted by Gasteiger charge is 2.31. The number of amides is 3. The summed E-state index contributed by atoms with van der Waals surface area (Å²) in [5, 5.41) is 8.39. The first-order valence-corrected chi connectivity index (χ1v) is 22.0. The van der Waals surface area contributed by atoms with E-state index in [1.807, 2.05) is 55.4 Å². The first kappa shape index (κ1) is 64.6. The second kappa shape index (κ2) is 40.0. The number of hydrogen-bond donors (Lipinski definition) is 3. The summed E-state index contributed by atoms with van der Waals surface area (Å²) in [6.07, 6.45) is 9.57. The van der Waals surface area contributed by atoms with E-state index >= 15 is 0 Å². The molecule has 5 rings (SSSR count). The Hall–Kier alpha value is -2.25. The Morgan fingerprint density at radius 3 is 0.891 bits per heavy atom. The summed E-state index contributed by atoms with van der Waals surface area (Å²) in [5.41, 5.74) is 0. The topological polar surface area (TPSA) is 121 Å². The molecule has 8 nitrogen and oxygen atoms in total. The zero-order chi connectivity index (χ0) is 42.3. The number of ketones is 2. The maximum atomic E-state index is 11.2. The van der Waals surface area contributed by atoms with E-state index in [1.54, 1.807) is 0 Å². The number of carbonyl (C=O) groups excluding carboxylic acids is 5. The predicted molar refractivity (Wildman–Crippen MR) is 241 cm³/mol. The molecule has 0 aromatic heterocycles. The molecule has 3 heterocycles. The summed E-state index contributed by atoms with van der Waals surface area (Å²) < 4.78 is 0. The Morgan fingerprint density at radius 1 is 0.382 bits per heavy atom. The number of nitrogens with one attached hydrogen (secondary N) is 3. The lowest BCUT2D eigenvalue weighted by molar-refractivity contribution is -0.133. The van der Waals surface area contributed by atoms with Gasteiger partial charge in [0.05, 0.1) is 5.92 Å². The third kappa shape index (κ3) is 27.9. The lowest BCUT2D eigenvalue weighted by Gasteiger charge is -2.28. The van der Waals surface area contributed by atoms with Crippen molar-refractivity contribution in [1.29, 1.82) is 0 Å². The van der Waals surface area contributed by atoms with E-state index in [0.717, 1.165) is 71.0 Å². The highest BCUT2D eigenvalue weighted by Crippen LogP contribution is 2.29. The van der Waals surface area contributed by atoms with Crippen LogP contribution in [0.3, 0.4) is 0 Å². The predicted octanol–water partition coefficient (Wildman–Crippen LogP) is 11.7. The average molecular weight is 786 g/mol. The fourth-order valence-electron chi connectivity index (χ4n) is 6.37. The van der Waals surface area contributed by atoms with E-state index in [-0.39, 0.29) is 44.4 Å². The molecule has 8 heteroatoms. The number of hydrogen-bond acceptors (Lipinski definition) is 5. The van der Waals surface area contributed by atoms with Gasteiger partial charge in [-0.3, -0.25) is 24.0 Å². The van der Waals surface area contributed by atoms with Gasteiger partial charge in [0.2, 0.25) is 17.7 Å². The van der Waals surface area contributed by atoms with Crippen LogP contribution in [0.1, 0.15) is 197 Å². The molecule has 0 aromatic carbocycles. The van der Waals surface area contributed by atoms with Crippen LogP contribution >= 0.6 is 0 Å². The van der Waals surface area contributed by atoms with Gasteiger partial charge in [-0.15, -0.1) is 0 Å². The largest absolute Gasteiger partial charge is 0.356 e. The summed E-state index contributed by atoms with van der Waals surface area (Å²) in [6, 6.07) is 0. The van der Waals surface area contributed by atoms with Gasteiger partial charge < -0.3 is 16.0 Å². The van der Waals surface area contributed by atoms with Gasteiger partial charge in [-0.25, -0.2) is 0 Å². The molecule has 5 aliphatic rings. The van der Waals surface area contributed by atoms with E-state index in [4.69, 9.17) is 0 Å². The molecule has 5 fully saturated rings. The van der Waals surface area contributed by atoms with Crippen LogP contribution in [0.2, 0.25) is 0 Å². The van der Waals surface area contributed by atoms with E-state index in [9.17, 15) is 24.0 Å². The van der Waals surface area contributed by atoms with Crippen LogP contribution in [0.4, 0.5) is 0 Å². The van der Waals surface area contributed by atoms with E-state index < -0.39 is 0 Å². The van der Waals surface area contributed by atoms with Crippen molar-refractivity contribution in [2.45, 2.75) is 197 Å². The zero-order valence-electron chi connectivity index (χ0n) is 38.3. The molecule has 3 N–H and O–H groups in total. The van der Waals surface area contributed by atoms with Crippen molar-refractivity contribution in [3.8, 4) is 0 Å². The maximum Gasteiger partial charge on any atom is 0.225 e. The molecule has 0 aromatic rings. The van der Waals surface area contributed by atoms with Crippen molar-refractivity contribution in [2.24, 2.45) is 59.2 Å². The summed E-state index contributed by atoms with van der Waals surface area (Å²) >= 11 is 0. The Labute approximate surface area is 344 Å². The molecule has 0 bridgehead atoms. The standard InChI is InChI=1S/C9H16O.C8H15NO.C7H13NO.C7H12O.C6H11NO.4C2H6.2CH4/c1-7(2)8-5-3-4-6-9(8)10;1-6(2)7-4-3-5-9-8(7)10;1-5(2)6-3-4-8-7(6)9;1-5(2)6-3-4-7(6)8;1-4(2)5-3-7-6(5)8;4*1-2;;/h7-8H,3-6H2,1-2H3;6-7H,3-5H2,1-2H3,(H,9,10);5-6H,3-4H2,1-2H3,(H,8,9);5-6H,3-4H2,1-2H3;4-5H,3H2,1-2H3,(H,7,8);4*1-2H3;2*1H4. The molecular weight excluding hydrogens is 687 g/mol. The summed E-state index contributed by atoms with van der Waals surface area (Å²) in [7, 11) is 0. The van der Waals surface area contributed by atoms with Gasteiger partial charge in [0.15, 0.2) is 0 Å². The third-order valence-corrected chi connectivity index (χ3v) is 9.99. The SMILES string of the molecule is C.C.CC.CC.CC.CC.CC(C)C1CCC1=O.CC(C)C1CCCCC1=O.CC(C)C1CCCNC1=O.CC(C)C1CCNC1=O.CC(C)C1CNC1=O. The Morgan fingerprint density at radius 2 is 0.727 bits per heavy atom. The van der Waals surface area contributed by atoms with Crippen molar-refractivity contribution in [2.75, 3.05) is 19.6 Å². The molecule has 2 aliphatic carbocycles. The minimum Gasteiger partial charge on any atom is -0.356 e.